The van der Waals surface area contributed by atoms with Gasteiger partial charge in [-0.05, 0) is 50.6 Å². The van der Waals surface area contributed by atoms with Crippen molar-refractivity contribution in [3.63, 3.8) is 0 Å². The highest BCUT2D eigenvalue weighted by Gasteiger charge is 2.25. The van der Waals surface area contributed by atoms with Gasteiger partial charge in [0, 0.05) is 25.2 Å². The number of piperidine rings is 1. The summed E-state index contributed by atoms with van der Waals surface area (Å²) < 4.78 is 1.80. The first kappa shape index (κ1) is 17.2. The van der Waals surface area contributed by atoms with E-state index in [2.05, 4.69) is 21.4 Å². The van der Waals surface area contributed by atoms with Crippen LogP contribution in [0.15, 0.2) is 36.7 Å². The molecule has 0 bridgehead atoms. The number of aromatic nitrogens is 2. The van der Waals surface area contributed by atoms with E-state index in [4.69, 9.17) is 5.26 Å². The van der Waals surface area contributed by atoms with Crippen LogP contribution < -0.4 is 5.32 Å². The highest BCUT2D eigenvalue weighted by Crippen LogP contribution is 2.21. The van der Waals surface area contributed by atoms with Crippen molar-refractivity contribution in [2.24, 2.45) is 5.92 Å². The van der Waals surface area contributed by atoms with Crippen molar-refractivity contribution in [3.8, 4) is 6.07 Å². The topological polar surface area (TPSA) is 74.0 Å². The number of carbonyl (C=O) groups is 1. The average Bonchev–Trinajstić information content (AvgIpc) is 3.10. The van der Waals surface area contributed by atoms with Gasteiger partial charge in [-0.25, -0.2) is 0 Å². The maximum Gasteiger partial charge on any atom is 0.227 e. The fourth-order valence-electron chi connectivity index (χ4n) is 3.14. The maximum atomic E-state index is 12.4. The molecule has 1 aliphatic heterocycles. The molecule has 1 aromatic heterocycles. The molecule has 1 saturated heterocycles. The molecule has 6 nitrogen and oxygen atoms in total. The van der Waals surface area contributed by atoms with Gasteiger partial charge in [0.15, 0.2) is 0 Å². The first-order valence-electron chi connectivity index (χ1n) is 8.72. The van der Waals surface area contributed by atoms with Gasteiger partial charge in [-0.1, -0.05) is 12.1 Å². The lowest BCUT2D eigenvalue weighted by Gasteiger charge is -2.31. The molecule has 0 saturated carbocycles. The first-order chi connectivity index (χ1) is 12.2. The van der Waals surface area contributed by atoms with Crippen LogP contribution in [0.1, 0.15) is 30.9 Å². The molecule has 1 N–H and O–H groups in total. The zero-order chi connectivity index (χ0) is 17.6. The number of nitriles is 1. The molecule has 3 rings (SSSR count). The molecule has 0 unspecified atom stereocenters. The lowest BCUT2D eigenvalue weighted by Crippen LogP contribution is -2.37. The minimum atomic E-state index is 0.0576. The summed E-state index contributed by atoms with van der Waals surface area (Å²) in [5.74, 6) is 0.149. The lowest BCUT2D eigenvalue weighted by atomic mass is 9.95. The van der Waals surface area contributed by atoms with Crippen LogP contribution in [0.4, 0.5) is 5.69 Å². The molecule has 0 spiro atoms. The number of anilines is 1. The van der Waals surface area contributed by atoms with Crippen LogP contribution in [0, 0.1) is 17.2 Å². The maximum absolute atomic E-state index is 12.4. The smallest absolute Gasteiger partial charge is 0.227 e. The number of carbonyl (C=O) groups excluding carboxylic acids is 1. The average molecular weight is 337 g/mol. The van der Waals surface area contributed by atoms with E-state index in [1.54, 1.807) is 10.9 Å². The molecule has 130 valence electrons. The van der Waals surface area contributed by atoms with Crippen molar-refractivity contribution in [1.29, 1.82) is 5.26 Å². The second kappa shape index (κ2) is 7.95. The number of hydrogen-bond acceptors (Lipinski definition) is 4. The van der Waals surface area contributed by atoms with Gasteiger partial charge in [-0.15, -0.1) is 0 Å². The predicted molar refractivity (Wildman–Crippen MR) is 95.7 cm³/mol. The number of nitrogens with zero attached hydrogens (tertiary/aromatic N) is 4. The SMILES string of the molecule is CCn1cc(NC(=O)C2CCN(Cc3ccc(C#N)cc3)CC2)cn1. The quantitative estimate of drug-likeness (QED) is 0.910. The van der Waals surface area contributed by atoms with Crippen LogP contribution in [0.2, 0.25) is 0 Å². The Hall–Kier alpha value is -2.65. The van der Waals surface area contributed by atoms with Crippen LogP contribution in [-0.4, -0.2) is 33.7 Å². The molecule has 2 aromatic rings. The van der Waals surface area contributed by atoms with Crippen molar-refractivity contribution >= 4 is 11.6 Å². The molecule has 0 aliphatic carbocycles. The second-order valence-corrected chi connectivity index (χ2v) is 6.43. The van der Waals surface area contributed by atoms with Crippen molar-refractivity contribution in [2.75, 3.05) is 18.4 Å². The standard InChI is InChI=1S/C19H23N5O/c1-2-24-14-18(12-21-24)22-19(25)17-7-9-23(10-8-17)13-16-5-3-15(11-20)4-6-16/h3-6,12,14,17H,2,7-10,13H2,1H3,(H,22,25). The number of hydrogen-bond donors (Lipinski definition) is 1. The van der Waals surface area contributed by atoms with E-state index in [1.807, 2.05) is 37.4 Å². The summed E-state index contributed by atoms with van der Waals surface area (Å²) in [7, 11) is 0. The molecule has 1 fully saturated rings. The normalized spacial score (nSPS) is 15.7. The highest BCUT2D eigenvalue weighted by atomic mass is 16.1. The Balaban J connectivity index is 1.47. The molecule has 1 amide bonds. The first-order valence-corrected chi connectivity index (χ1v) is 8.72. The van der Waals surface area contributed by atoms with Gasteiger partial charge in [0.2, 0.25) is 5.91 Å². The van der Waals surface area contributed by atoms with Gasteiger partial charge in [0.05, 0.1) is 23.5 Å². The zero-order valence-electron chi connectivity index (χ0n) is 14.5. The Morgan fingerprint density at radius 1 is 1.32 bits per heavy atom. The fraction of sp³-hybridized carbons (Fsp3) is 0.421. The Kier molecular flexibility index (Phi) is 5.46. The third-order valence-corrected chi connectivity index (χ3v) is 4.67. The number of amides is 1. The van der Waals surface area contributed by atoms with E-state index < -0.39 is 0 Å². The molecule has 0 radical (unpaired) electrons. The number of benzene rings is 1. The molecule has 6 heteroatoms. The van der Waals surface area contributed by atoms with E-state index in [0.29, 0.717) is 5.56 Å². The summed E-state index contributed by atoms with van der Waals surface area (Å²) >= 11 is 0. The summed E-state index contributed by atoms with van der Waals surface area (Å²) in [4.78, 5) is 14.8. The van der Waals surface area contributed by atoms with E-state index in [1.165, 1.54) is 5.56 Å². The highest BCUT2D eigenvalue weighted by molar-refractivity contribution is 5.92. The molecule has 2 heterocycles. The van der Waals surface area contributed by atoms with E-state index in [9.17, 15) is 4.79 Å². The third kappa shape index (κ3) is 4.46. The Morgan fingerprint density at radius 3 is 2.64 bits per heavy atom. The minimum Gasteiger partial charge on any atom is -0.323 e. The van der Waals surface area contributed by atoms with Crippen LogP contribution in [0.3, 0.4) is 0 Å². The second-order valence-electron chi connectivity index (χ2n) is 6.43. The summed E-state index contributed by atoms with van der Waals surface area (Å²) in [5, 5.41) is 16.0. The fourth-order valence-corrected chi connectivity index (χ4v) is 3.14. The zero-order valence-corrected chi connectivity index (χ0v) is 14.5. The third-order valence-electron chi connectivity index (χ3n) is 4.67. The van der Waals surface area contributed by atoms with Gasteiger partial charge >= 0.3 is 0 Å². The number of likely N-dealkylation sites (tertiary alicyclic amines) is 1. The van der Waals surface area contributed by atoms with Gasteiger partial charge < -0.3 is 5.32 Å². The predicted octanol–water partition coefficient (Wildman–Crippen LogP) is 2.63. The molecular weight excluding hydrogens is 314 g/mol. The van der Waals surface area contributed by atoms with Crippen LogP contribution in [-0.2, 0) is 17.9 Å². The van der Waals surface area contributed by atoms with Crippen LogP contribution >= 0.6 is 0 Å². The van der Waals surface area contributed by atoms with Gasteiger partial charge in [0.25, 0.3) is 0 Å². The Labute approximate surface area is 148 Å². The van der Waals surface area contributed by atoms with Gasteiger partial charge in [0.1, 0.15) is 0 Å². The summed E-state index contributed by atoms with van der Waals surface area (Å²) in [6.07, 6.45) is 5.29. The van der Waals surface area contributed by atoms with Gasteiger partial charge in [-0.3, -0.25) is 14.4 Å². The number of aryl methyl sites for hydroxylation is 1. The molecule has 1 aliphatic rings. The number of nitrogens with one attached hydrogen (secondary N) is 1. The Morgan fingerprint density at radius 2 is 2.04 bits per heavy atom. The van der Waals surface area contributed by atoms with Crippen molar-refractivity contribution < 1.29 is 4.79 Å². The molecule has 1 aromatic carbocycles. The molecule has 25 heavy (non-hydrogen) atoms. The molecule has 0 atom stereocenters. The van der Waals surface area contributed by atoms with E-state index >= 15 is 0 Å². The minimum absolute atomic E-state index is 0.0576. The Bertz CT molecular complexity index is 751. The van der Waals surface area contributed by atoms with Crippen molar-refractivity contribution in [1.82, 2.24) is 14.7 Å². The largest absolute Gasteiger partial charge is 0.323 e. The summed E-state index contributed by atoms with van der Waals surface area (Å²) in [6, 6.07) is 9.85. The van der Waals surface area contributed by atoms with Crippen molar-refractivity contribution in [2.45, 2.75) is 32.9 Å². The van der Waals surface area contributed by atoms with Crippen molar-refractivity contribution in [3.05, 3.63) is 47.8 Å². The number of rotatable bonds is 5. The van der Waals surface area contributed by atoms with Gasteiger partial charge in [-0.2, -0.15) is 10.4 Å². The van der Waals surface area contributed by atoms with Crippen LogP contribution in [0.5, 0.6) is 0 Å². The monoisotopic (exact) mass is 337 g/mol. The van der Waals surface area contributed by atoms with Crippen LogP contribution in [0.25, 0.3) is 0 Å². The van der Waals surface area contributed by atoms with E-state index in [-0.39, 0.29) is 11.8 Å². The van der Waals surface area contributed by atoms with E-state index in [0.717, 1.165) is 44.7 Å². The lowest BCUT2D eigenvalue weighted by molar-refractivity contribution is -0.121. The summed E-state index contributed by atoms with van der Waals surface area (Å²) in [5.41, 5.74) is 2.66. The summed E-state index contributed by atoms with van der Waals surface area (Å²) in [6.45, 7) is 5.49. The molecular formula is C19H23N5O.